The van der Waals surface area contributed by atoms with Gasteiger partial charge >= 0.3 is 5.97 Å². The lowest BCUT2D eigenvalue weighted by molar-refractivity contribution is 0.0495. The quantitative estimate of drug-likeness (QED) is 0.616. The zero-order chi connectivity index (χ0) is 17.1. The molecule has 0 atom stereocenters. The lowest BCUT2D eigenvalue weighted by Crippen LogP contribution is -2.28. The summed E-state index contributed by atoms with van der Waals surface area (Å²) >= 11 is 0. The Kier molecular flexibility index (Phi) is 6.55. The Balaban J connectivity index is 0.00000225. The SMILES string of the molecule is Cc1nn2c(C3CCNCC3)cc(=O)[nH]c2c1C(=O)OCCCF.Cl. The third-order valence-electron chi connectivity index (χ3n) is 4.30. The number of carbonyl (C=O) groups excluding carboxylic acids is 1. The molecule has 0 unspecified atom stereocenters. The third kappa shape index (κ3) is 4.01. The molecule has 9 heteroatoms. The molecule has 25 heavy (non-hydrogen) atoms. The van der Waals surface area contributed by atoms with Crippen LogP contribution < -0.4 is 10.9 Å². The molecule has 1 aliphatic rings. The van der Waals surface area contributed by atoms with Gasteiger partial charge in [-0.3, -0.25) is 9.18 Å². The predicted molar refractivity (Wildman–Crippen MR) is 93.5 cm³/mol. The summed E-state index contributed by atoms with van der Waals surface area (Å²) in [5, 5.41) is 7.72. The summed E-state index contributed by atoms with van der Waals surface area (Å²) in [4.78, 5) is 27.0. The molecule has 1 saturated heterocycles. The van der Waals surface area contributed by atoms with Gasteiger partial charge in [0, 0.05) is 18.4 Å². The van der Waals surface area contributed by atoms with E-state index in [9.17, 15) is 14.0 Å². The first-order valence-corrected chi connectivity index (χ1v) is 8.18. The van der Waals surface area contributed by atoms with Crippen molar-refractivity contribution in [1.82, 2.24) is 19.9 Å². The van der Waals surface area contributed by atoms with Crippen LogP contribution in [-0.2, 0) is 4.74 Å². The van der Waals surface area contributed by atoms with Crippen LogP contribution in [0, 0.1) is 6.92 Å². The van der Waals surface area contributed by atoms with Crippen LogP contribution >= 0.6 is 12.4 Å². The molecule has 2 aromatic heterocycles. The first-order chi connectivity index (χ1) is 11.6. The highest BCUT2D eigenvalue weighted by Crippen LogP contribution is 2.26. The van der Waals surface area contributed by atoms with Crippen LogP contribution in [0.15, 0.2) is 10.9 Å². The standard InChI is InChI=1S/C16H21FN4O3.ClH/c1-10-14(16(23)24-8-2-5-17)15-19-13(22)9-12(21(15)20-10)11-3-6-18-7-4-11;/h9,11,18H,2-8H2,1H3,(H,19,22);1H. The van der Waals surface area contributed by atoms with Crippen molar-refractivity contribution >= 4 is 24.0 Å². The van der Waals surface area contributed by atoms with E-state index in [1.807, 2.05) is 0 Å². The van der Waals surface area contributed by atoms with Crippen LogP contribution in [0.4, 0.5) is 4.39 Å². The molecule has 3 rings (SSSR count). The van der Waals surface area contributed by atoms with Crippen molar-refractivity contribution in [3.8, 4) is 0 Å². The Morgan fingerprint density at radius 2 is 2.16 bits per heavy atom. The number of nitrogens with zero attached hydrogens (tertiary/aromatic N) is 2. The van der Waals surface area contributed by atoms with Crippen LogP contribution in [0.1, 0.15) is 46.9 Å². The Labute approximate surface area is 150 Å². The van der Waals surface area contributed by atoms with E-state index in [4.69, 9.17) is 4.74 Å². The molecule has 0 spiro atoms. The average molecular weight is 373 g/mol. The van der Waals surface area contributed by atoms with Gasteiger partial charge in [0.05, 0.1) is 24.7 Å². The Morgan fingerprint density at radius 3 is 2.84 bits per heavy atom. The Morgan fingerprint density at radius 1 is 1.44 bits per heavy atom. The fourth-order valence-electron chi connectivity index (χ4n) is 3.12. The number of halogens is 2. The number of piperidine rings is 1. The first-order valence-electron chi connectivity index (χ1n) is 8.18. The molecule has 1 fully saturated rings. The lowest BCUT2D eigenvalue weighted by atomic mass is 9.94. The van der Waals surface area contributed by atoms with Crippen molar-refractivity contribution in [1.29, 1.82) is 0 Å². The maximum atomic E-state index is 12.3. The minimum absolute atomic E-state index is 0. The molecule has 0 bridgehead atoms. The molecule has 1 aliphatic heterocycles. The summed E-state index contributed by atoms with van der Waals surface area (Å²) in [7, 11) is 0. The van der Waals surface area contributed by atoms with E-state index in [-0.39, 0.29) is 42.5 Å². The highest BCUT2D eigenvalue weighted by atomic mass is 35.5. The highest BCUT2D eigenvalue weighted by Gasteiger charge is 2.24. The molecule has 0 saturated carbocycles. The van der Waals surface area contributed by atoms with E-state index in [0.717, 1.165) is 31.6 Å². The minimum Gasteiger partial charge on any atom is -0.462 e. The number of esters is 1. The average Bonchev–Trinajstić information content (AvgIpc) is 2.91. The number of rotatable bonds is 5. The molecule has 0 radical (unpaired) electrons. The predicted octanol–water partition coefficient (Wildman–Crippen LogP) is 1.74. The van der Waals surface area contributed by atoms with E-state index in [0.29, 0.717) is 11.3 Å². The first kappa shape index (κ1) is 19.4. The number of aromatic nitrogens is 3. The Bertz CT molecular complexity index is 799. The second-order valence-corrected chi connectivity index (χ2v) is 5.98. The molecule has 0 amide bonds. The van der Waals surface area contributed by atoms with Gasteiger partial charge in [-0.15, -0.1) is 12.4 Å². The zero-order valence-electron chi connectivity index (χ0n) is 14.0. The monoisotopic (exact) mass is 372 g/mol. The van der Waals surface area contributed by atoms with Crippen molar-refractivity contribution in [3.05, 3.63) is 33.4 Å². The number of alkyl halides is 1. The summed E-state index contributed by atoms with van der Waals surface area (Å²) < 4.78 is 18.9. The maximum Gasteiger partial charge on any atom is 0.343 e. The van der Waals surface area contributed by atoms with Crippen molar-refractivity contribution in [2.75, 3.05) is 26.4 Å². The molecule has 3 heterocycles. The molecule has 0 aromatic carbocycles. The summed E-state index contributed by atoms with van der Waals surface area (Å²) in [5.41, 5.74) is 1.60. The Hall–Kier alpha value is -1.93. The van der Waals surface area contributed by atoms with E-state index in [2.05, 4.69) is 15.4 Å². The van der Waals surface area contributed by atoms with Crippen molar-refractivity contribution < 1.29 is 13.9 Å². The summed E-state index contributed by atoms with van der Waals surface area (Å²) in [6.07, 6.45) is 1.97. The summed E-state index contributed by atoms with van der Waals surface area (Å²) in [6, 6.07) is 1.55. The lowest BCUT2D eigenvalue weighted by Gasteiger charge is -2.23. The van der Waals surface area contributed by atoms with Gasteiger partial charge in [-0.1, -0.05) is 0 Å². The van der Waals surface area contributed by atoms with Gasteiger partial charge in [0.1, 0.15) is 5.56 Å². The van der Waals surface area contributed by atoms with E-state index in [1.54, 1.807) is 17.5 Å². The number of nitrogens with one attached hydrogen (secondary N) is 2. The number of ether oxygens (including phenoxy) is 1. The summed E-state index contributed by atoms with van der Waals surface area (Å²) in [6.45, 7) is 2.93. The summed E-state index contributed by atoms with van der Waals surface area (Å²) in [5.74, 6) is -0.375. The largest absolute Gasteiger partial charge is 0.462 e. The highest BCUT2D eigenvalue weighted by molar-refractivity contribution is 5.97. The van der Waals surface area contributed by atoms with Gasteiger partial charge in [0.2, 0.25) is 0 Å². The smallest absolute Gasteiger partial charge is 0.343 e. The number of aryl methyl sites for hydroxylation is 1. The molecule has 7 nitrogen and oxygen atoms in total. The third-order valence-corrected chi connectivity index (χ3v) is 4.30. The number of aromatic amines is 1. The second kappa shape index (κ2) is 8.44. The topological polar surface area (TPSA) is 88.5 Å². The van der Waals surface area contributed by atoms with Crippen molar-refractivity contribution in [3.63, 3.8) is 0 Å². The minimum atomic E-state index is -0.589. The van der Waals surface area contributed by atoms with Crippen LogP contribution in [-0.4, -0.2) is 46.9 Å². The maximum absolute atomic E-state index is 12.3. The van der Waals surface area contributed by atoms with Crippen LogP contribution in [0.5, 0.6) is 0 Å². The molecular weight excluding hydrogens is 351 g/mol. The van der Waals surface area contributed by atoms with Crippen molar-refractivity contribution in [2.45, 2.75) is 32.1 Å². The normalized spacial score (nSPS) is 15.1. The van der Waals surface area contributed by atoms with Gasteiger partial charge < -0.3 is 15.0 Å². The van der Waals surface area contributed by atoms with Gasteiger partial charge in [-0.25, -0.2) is 9.31 Å². The fourth-order valence-corrected chi connectivity index (χ4v) is 3.12. The molecule has 0 aliphatic carbocycles. The van der Waals surface area contributed by atoms with Crippen molar-refractivity contribution in [2.24, 2.45) is 0 Å². The number of H-pyrrole nitrogens is 1. The van der Waals surface area contributed by atoms with Gasteiger partial charge in [-0.2, -0.15) is 5.10 Å². The second-order valence-electron chi connectivity index (χ2n) is 5.98. The number of carbonyl (C=O) groups is 1. The molecule has 2 aromatic rings. The molecule has 2 N–H and O–H groups in total. The fraction of sp³-hybridized carbons (Fsp3) is 0.562. The molecule has 138 valence electrons. The van der Waals surface area contributed by atoms with Crippen LogP contribution in [0.25, 0.3) is 5.65 Å². The molecular formula is C16H22ClFN4O3. The zero-order valence-corrected chi connectivity index (χ0v) is 14.8. The number of fused-ring (bicyclic) bond motifs is 1. The van der Waals surface area contributed by atoms with Gasteiger partial charge in [0.15, 0.2) is 5.65 Å². The van der Waals surface area contributed by atoms with E-state index < -0.39 is 12.6 Å². The van der Waals surface area contributed by atoms with Gasteiger partial charge in [0.25, 0.3) is 5.56 Å². The van der Waals surface area contributed by atoms with Gasteiger partial charge in [-0.05, 0) is 32.9 Å². The number of hydrogen-bond donors (Lipinski definition) is 2. The van der Waals surface area contributed by atoms with Crippen LogP contribution in [0.2, 0.25) is 0 Å². The van der Waals surface area contributed by atoms with E-state index in [1.165, 1.54) is 0 Å². The van der Waals surface area contributed by atoms with Crippen LogP contribution in [0.3, 0.4) is 0 Å². The number of hydrogen-bond acceptors (Lipinski definition) is 5. The van der Waals surface area contributed by atoms with E-state index >= 15 is 0 Å².